The van der Waals surface area contributed by atoms with Crippen molar-refractivity contribution in [1.82, 2.24) is 9.88 Å². The van der Waals surface area contributed by atoms with Crippen molar-refractivity contribution >= 4 is 46.2 Å². The molecule has 0 aliphatic carbocycles. The van der Waals surface area contributed by atoms with Crippen LogP contribution in [0.3, 0.4) is 0 Å². The van der Waals surface area contributed by atoms with E-state index in [9.17, 15) is 9.59 Å². The second-order valence-electron chi connectivity index (χ2n) is 5.35. The molecule has 2 aromatic rings. The van der Waals surface area contributed by atoms with Gasteiger partial charge in [0.25, 0.3) is 0 Å². The number of thiazole rings is 1. The highest BCUT2D eigenvalue weighted by Gasteiger charge is 2.26. The van der Waals surface area contributed by atoms with E-state index in [2.05, 4.69) is 4.98 Å². The van der Waals surface area contributed by atoms with Crippen LogP contribution in [0.1, 0.15) is 12.1 Å². The summed E-state index contributed by atoms with van der Waals surface area (Å²) in [5.41, 5.74) is 0.714. The minimum atomic E-state index is -0.923. The lowest BCUT2D eigenvalue weighted by Crippen LogP contribution is -2.46. The van der Waals surface area contributed by atoms with Crippen molar-refractivity contribution in [1.29, 1.82) is 0 Å². The molecule has 9 heteroatoms. The number of carboxylic acids is 1. The molecule has 0 spiro atoms. The van der Waals surface area contributed by atoms with E-state index in [0.717, 1.165) is 9.88 Å². The number of halogens is 1. The Hall–Kier alpha value is -1.48. The molecule has 128 valence electrons. The number of rotatable bonds is 5. The molecule has 0 saturated carbocycles. The van der Waals surface area contributed by atoms with Gasteiger partial charge in [0.15, 0.2) is 0 Å². The molecule has 3 rings (SSSR count). The molecule has 1 aliphatic rings. The third kappa shape index (κ3) is 4.32. The third-order valence-corrected chi connectivity index (χ3v) is 5.85. The van der Waals surface area contributed by atoms with Gasteiger partial charge < -0.3 is 14.7 Å². The van der Waals surface area contributed by atoms with Crippen LogP contribution in [0.5, 0.6) is 0 Å². The predicted molar refractivity (Wildman–Crippen MR) is 92.7 cm³/mol. The van der Waals surface area contributed by atoms with Crippen LogP contribution in [0.25, 0.3) is 9.88 Å². The predicted octanol–water partition coefficient (Wildman–Crippen LogP) is 2.77. The van der Waals surface area contributed by atoms with Crippen molar-refractivity contribution in [3.8, 4) is 9.88 Å². The van der Waals surface area contributed by atoms with Gasteiger partial charge in [0.05, 0.1) is 40.5 Å². The lowest BCUT2D eigenvalue weighted by atomic mass is 10.2. The van der Waals surface area contributed by atoms with Gasteiger partial charge in [-0.25, -0.2) is 4.98 Å². The lowest BCUT2D eigenvalue weighted by Gasteiger charge is -2.32. The first-order chi connectivity index (χ1) is 11.5. The van der Waals surface area contributed by atoms with Crippen molar-refractivity contribution in [3.63, 3.8) is 0 Å². The number of aliphatic carboxylic acids is 1. The van der Waals surface area contributed by atoms with E-state index in [1.807, 2.05) is 17.5 Å². The Bertz CT molecular complexity index is 745. The average molecular weight is 387 g/mol. The van der Waals surface area contributed by atoms with Gasteiger partial charge in [-0.15, -0.1) is 22.7 Å². The minimum Gasteiger partial charge on any atom is -0.481 e. The summed E-state index contributed by atoms with van der Waals surface area (Å²) in [6, 6.07) is 3.74. The lowest BCUT2D eigenvalue weighted by molar-refractivity contribution is -0.147. The molecular weight excluding hydrogens is 372 g/mol. The summed E-state index contributed by atoms with van der Waals surface area (Å²) in [5.74, 6) is -0.984. The smallest absolute Gasteiger partial charge is 0.306 e. The number of hydrogen-bond acceptors (Lipinski definition) is 6. The topological polar surface area (TPSA) is 79.7 Å². The summed E-state index contributed by atoms with van der Waals surface area (Å²) in [6.45, 7) is 1.15. The van der Waals surface area contributed by atoms with E-state index < -0.39 is 12.1 Å². The second-order valence-corrected chi connectivity index (χ2v) is 7.93. The fraction of sp³-hybridized carbons (Fsp3) is 0.400. The van der Waals surface area contributed by atoms with E-state index in [4.69, 9.17) is 21.4 Å². The summed E-state index contributed by atoms with van der Waals surface area (Å²) in [4.78, 5) is 30.3. The summed E-state index contributed by atoms with van der Waals surface area (Å²) in [5, 5.41) is 11.6. The number of ether oxygens (including phenoxy) is 1. The zero-order valence-corrected chi connectivity index (χ0v) is 15.0. The van der Waals surface area contributed by atoms with Crippen LogP contribution in [-0.4, -0.2) is 52.7 Å². The molecule has 1 aliphatic heterocycles. The minimum absolute atomic E-state index is 0.0604. The summed E-state index contributed by atoms with van der Waals surface area (Å²) < 4.78 is 6.09. The third-order valence-electron chi connectivity index (χ3n) is 3.56. The molecule has 1 N–H and O–H groups in total. The fourth-order valence-electron chi connectivity index (χ4n) is 2.46. The highest BCUT2D eigenvalue weighted by atomic mass is 35.5. The standard InChI is InChI=1S/C15H15ClN2O4S2/c16-12-2-1-11(24-12)15-17-9(8-23-15)5-13(19)18-3-4-22-10(7-18)6-14(20)21/h1-2,8,10H,3-7H2,(H,20,21)/t10-/m1/s1. The monoisotopic (exact) mass is 386 g/mol. The van der Waals surface area contributed by atoms with Crippen LogP contribution in [-0.2, 0) is 20.7 Å². The summed E-state index contributed by atoms with van der Waals surface area (Å²) in [6.07, 6.45) is -0.335. The molecule has 1 fully saturated rings. The van der Waals surface area contributed by atoms with E-state index in [0.29, 0.717) is 29.7 Å². The molecule has 0 bridgehead atoms. The first-order valence-electron chi connectivity index (χ1n) is 7.32. The number of amides is 1. The molecule has 1 amide bonds. The number of hydrogen-bond donors (Lipinski definition) is 1. The van der Waals surface area contributed by atoms with Crippen molar-refractivity contribution in [2.75, 3.05) is 19.7 Å². The van der Waals surface area contributed by atoms with Crippen molar-refractivity contribution in [3.05, 3.63) is 27.5 Å². The number of morpholine rings is 1. The van der Waals surface area contributed by atoms with Crippen LogP contribution < -0.4 is 0 Å². The molecule has 0 unspecified atom stereocenters. The van der Waals surface area contributed by atoms with Gasteiger partial charge in [-0.2, -0.15) is 0 Å². The Morgan fingerprint density at radius 1 is 1.46 bits per heavy atom. The Labute approximate surface area is 151 Å². The molecular formula is C15H15ClN2O4S2. The zero-order chi connectivity index (χ0) is 17.1. The van der Waals surface area contributed by atoms with Crippen LogP contribution >= 0.6 is 34.3 Å². The van der Waals surface area contributed by atoms with Gasteiger partial charge in [0, 0.05) is 18.5 Å². The maximum Gasteiger partial charge on any atom is 0.306 e. The maximum atomic E-state index is 12.4. The molecule has 2 aromatic heterocycles. The second kappa shape index (κ2) is 7.60. The maximum absolute atomic E-state index is 12.4. The van der Waals surface area contributed by atoms with Gasteiger partial charge in [0.2, 0.25) is 5.91 Å². The first-order valence-corrected chi connectivity index (χ1v) is 9.40. The van der Waals surface area contributed by atoms with Crippen LogP contribution in [0.15, 0.2) is 17.5 Å². The van der Waals surface area contributed by atoms with Crippen molar-refractivity contribution in [2.24, 2.45) is 0 Å². The summed E-state index contributed by atoms with van der Waals surface area (Å²) in [7, 11) is 0. The normalized spacial score (nSPS) is 17.9. The summed E-state index contributed by atoms with van der Waals surface area (Å²) >= 11 is 8.87. The van der Waals surface area contributed by atoms with Gasteiger partial charge in [0.1, 0.15) is 5.01 Å². The van der Waals surface area contributed by atoms with Crippen LogP contribution in [0, 0.1) is 0 Å². The largest absolute Gasteiger partial charge is 0.481 e. The van der Waals surface area contributed by atoms with Crippen molar-refractivity contribution < 1.29 is 19.4 Å². The highest BCUT2D eigenvalue weighted by Crippen LogP contribution is 2.33. The number of carbonyl (C=O) groups is 2. The van der Waals surface area contributed by atoms with Crippen molar-refractivity contribution in [2.45, 2.75) is 18.9 Å². The number of thiophene rings is 1. The molecule has 0 radical (unpaired) electrons. The quantitative estimate of drug-likeness (QED) is 0.854. The average Bonchev–Trinajstić information content (AvgIpc) is 3.16. The Balaban J connectivity index is 1.60. The van der Waals surface area contributed by atoms with Gasteiger partial charge >= 0.3 is 5.97 Å². The molecule has 3 heterocycles. The number of carbonyl (C=O) groups excluding carboxylic acids is 1. The van der Waals surface area contributed by atoms with Gasteiger partial charge in [-0.1, -0.05) is 11.6 Å². The Kier molecular flexibility index (Phi) is 5.50. The number of aromatic nitrogens is 1. The van der Waals surface area contributed by atoms with E-state index >= 15 is 0 Å². The van der Waals surface area contributed by atoms with Gasteiger partial charge in [-0.3, -0.25) is 9.59 Å². The molecule has 6 nitrogen and oxygen atoms in total. The van der Waals surface area contributed by atoms with E-state index in [-0.39, 0.29) is 18.7 Å². The SMILES string of the molecule is O=C(O)C[C@@H]1CN(C(=O)Cc2csc(-c3ccc(Cl)s3)n2)CCO1. The first kappa shape index (κ1) is 17.3. The molecule has 0 aromatic carbocycles. The Morgan fingerprint density at radius 3 is 3.00 bits per heavy atom. The highest BCUT2D eigenvalue weighted by molar-refractivity contribution is 7.23. The molecule has 1 saturated heterocycles. The zero-order valence-electron chi connectivity index (χ0n) is 12.6. The molecule has 1 atom stereocenters. The van der Waals surface area contributed by atoms with E-state index in [1.54, 1.807) is 4.90 Å². The van der Waals surface area contributed by atoms with E-state index in [1.165, 1.54) is 22.7 Å². The Morgan fingerprint density at radius 2 is 2.29 bits per heavy atom. The molecule has 24 heavy (non-hydrogen) atoms. The number of nitrogens with zero attached hydrogens (tertiary/aromatic N) is 2. The van der Waals surface area contributed by atoms with Crippen LogP contribution in [0.4, 0.5) is 0 Å². The van der Waals surface area contributed by atoms with Crippen LogP contribution in [0.2, 0.25) is 4.34 Å². The number of carboxylic acid groups (broad SMARTS) is 1. The fourth-order valence-corrected chi connectivity index (χ4v) is 4.40. The van der Waals surface area contributed by atoms with Gasteiger partial charge in [-0.05, 0) is 12.1 Å².